The van der Waals surface area contributed by atoms with Gasteiger partial charge >= 0.3 is 0 Å². The molecule has 0 spiro atoms. The van der Waals surface area contributed by atoms with Gasteiger partial charge in [-0.2, -0.15) is 0 Å². The van der Waals surface area contributed by atoms with Crippen LogP contribution < -0.4 is 10.6 Å². The first kappa shape index (κ1) is 21.8. The van der Waals surface area contributed by atoms with Crippen LogP contribution in [0.4, 0.5) is 0 Å². The lowest BCUT2D eigenvalue weighted by Gasteiger charge is -2.37. The molecular formula is C29H39P. The lowest BCUT2D eigenvalue weighted by molar-refractivity contribution is 0.324. The summed E-state index contributed by atoms with van der Waals surface area (Å²) >= 11 is 0. The van der Waals surface area contributed by atoms with Crippen molar-refractivity contribution in [3.05, 3.63) is 71.6 Å². The average molecular weight is 419 g/mol. The Bertz CT molecular complexity index is 720. The first-order valence-corrected chi connectivity index (χ1v) is 13.9. The molecule has 0 N–H and O–H groups in total. The Labute approximate surface area is 185 Å². The van der Waals surface area contributed by atoms with Crippen LogP contribution in [0.25, 0.3) is 0 Å². The van der Waals surface area contributed by atoms with Crippen LogP contribution >= 0.6 is 7.92 Å². The van der Waals surface area contributed by atoms with Gasteiger partial charge < -0.3 is 0 Å². The van der Waals surface area contributed by atoms with Gasteiger partial charge in [-0.15, -0.1) is 0 Å². The zero-order valence-electron chi connectivity index (χ0n) is 18.9. The minimum Gasteiger partial charge on any atom is -0.0651 e. The van der Waals surface area contributed by atoms with Crippen molar-refractivity contribution in [2.24, 2.45) is 11.8 Å². The molecule has 2 aromatic carbocycles. The molecule has 2 saturated carbocycles. The van der Waals surface area contributed by atoms with Crippen molar-refractivity contribution >= 4 is 18.5 Å². The zero-order valence-corrected chi connectivity index (χ0v) is 19.8. The third-order valence-electron chi connectivity index (χ3n) is 7.21. The molecule has 0 aromatic heterocycles. The van der Waals surface area contributed by atoms with E-state index in [1.165, 1.54) is 77.0 Å². The molecule has 0 saturated heterocycles. The fourth-order valence-corrected chi connectivity index (χ4v) is 8.80. The van der Waals surface area contributed by atoms with Gasteiger partial charge in [-0.05, 0) is 67.8 Å². The molecule has 0 bridgehead atoms. The Hall–Kier alpha value is -1.39. The maximum Gasteiger partial charge on any atom is -0.0154 e. The van der Waals surface area contributed by atoms with E-state index in [0.29, 0.717) is 0 Å². The van der Waals surface area contributed by atoms with E-state index in [2.05, 4.69) is 67.6 Å². The number of rotatable bonds is 7. The summed E-state index contributed by atoms with van der Waals surface area (Å²) in [5.74, 6) is 1.70. The van der Waals surface area contributed by atoms with Gasteiger partial charge in [-0.25, -0.2) is 0 Å². The molecule has 2 aliphatic rings. The highest BCUT2D eigenvalue weighted by Crippen LogP contribution is 2.53. The molecule has 2 aliphatic carbocycles. The maximum absolute atomic E-state index is 2.40. The quantitative estimate of drug-likeness (QED) is 0.396. The van der Waals surface area contributed by atoms with Crippen molar-refractivity contribution in [3.63, 3.8) is 0 Å². The van der Waals surface area contributed by atoms with E-state index in [-0.39, 0.29) is 0 Å². The molecule has 4 rings (SSSR count). The SMILES string of the molecule is CCCC(=C(C1CCCCC1)C1CCCCC1)P(c1ccccc1)c1ccccc1. The highest BCUT2D eigenvalue weighted by atomic mass is 31.1. The summed E-state index contributed by atoms with van der Waals surface area (Å²) in [4.78, 5) is 0. The second-order valence-electron chi connectivity index (χ2n) is 9.33. The molecule has 0 unspecified atom stereocenters. The van der Waals surface area contributed by atoms with Crippen molar-refractivity contribution in [1.82, 2.24) is 0 Å². The normalized spacial score (nSPS) is 18.5. The summed E-state index contributed by atoms with van der Waals surface area (Å²) in [5, 5.41) is 4.95. The van der Waals surface area contributed by atoms with E-state index in [0.717, 1.165) is 11.8 Å². The second-order valence-corrected chi connectivity index (χ2v) is 11.6. The Morgan fingerprint density at radius 1 is 0.667 bits per heavy atom. The third kappa shape index (κ3) is 5.26. The van der Waals surface area contributed by atoms with Gasteiger partial charge in [0.15, 0.2) is 0 Å². The van der Waals surface area contributed by atoms with E-state index in [9.17, 15) is 0 Å². The van der Waals surface area contributed by atoms with Gasteiger partial charge in [0.2, 0.25) is 0 Å². The van der Waals surface area contributed by atoms with E-state index in [1.54, 1.807) is 10.6 Å². The molecule has 0 radical (unpaired) electrons. The van der Waals surface area contributed by atoms with E-state index in [4.69, 9.17) is 0 Å². The van der Waals surface area contributed by atoms with Crippen LogP contribution in [0.15, 0.2) is 71.6 Å². The third-order valence-corrected chi connectivity index (χ3v) is 9.86. The number of hydrogen-bond acceptors (Lipinski definition) is 0. The van der Waals surface area contributed by atoms with E-state index < -0.39 is 7.92 Å². The zero-order chi connectivity index (χ0) is 20.6. The van der Waals surface area contributed by atoms with Crippen LogP contribution in [-0.2, 0) is 0 Å². The van der Waals surface area contributed by atoms with Gasteiger partial charge in [0.1, 0.15) is 0 Å². The molecule has 0 atom stereocenters. The summed E-state index contributed by atoms with van der Waals surface area (Å²) in [6, 6.07) is 22.9. The van der Waals surface area contributed by atoms with Crippen LogP contribution in [0, 0.1) is 11.8 Å². The van der Waals surface area contributed by atoms with Gasteiger partial charge in [-0.3, -0.25) is 0 Å². The Kier molecular flexibility index (Phi) is 8.22. The lowest BCUT2D eigenvalue weighted by Crippen LogP contribution is -2.23. The number of hydrogen-bond donors (Lipinski definition) is 0. The molecule has 0 amide bonds. The topological polar surface area (TPSA) is 0 Å². The van der Waals surface area contributed by atoms with Crippen molar-refractivity contribution in [2.75, 3.05) is 0 Å². The highest BCUT2D eigenvalue weighted by Gasteiger charge is 2.31. The largest absolute Gasteiger partial charge is 0.0651 e. The Morgan fingerprint density at radius 3 is 1.50 bits per heavy atom. The molecule has 2 fully saturated rings. The minimum absolute atomic E-state index is 0.430. The lowest BCUT2D eigenvalue weighted by atomic mass is 9.73. The first-order valence-electron chi connectivity index (χ1n) is 12.5. The van der Waals surface area contributed by atoms with Gasteiger partial charge in [0, 0.05) is 0 Å². The molecule has 0 heterocycles. The highest BCUT2D eigenvalue weighted by molar-refractivity contribution is 7.76. The fraction of sp³-hybridized carbons (Fsp3) is 0.517. The van der Waals surface area contributed by atoms with Crippen LogP contribution in [0.3, 0.4) is 0 Å². The predicted molar refractivity (Wildman–Crippen MR) is 134 cm³/mol. The van der Waals surface area contributed by atoms with Gasteiger partial charge in [-0.1, -0.05) is 118 Å². The summed E-state index contributed by atoms with van der Waals surface area (Å²) < 4.78 is 0. The van der Waals surface area contributed by atoms with Crippen molar-refractivity contribution in [3.8, 4) is 0 Å². The molecular weight excluding hydrogens is 379 g/mol. The molecule has 2 aromatic rings. The molecule has 0 aliphatic heterocycles. The molecule has 160 valence electrons. The van der Waals surface area contributed by atoms with Crippen molar-refractivity contribution < 1.29 is 0 Å². The minimum atomic E-state index is -0.430. The monoisotopic (exact) mass is 418 g/mol. The van der Waals surface area contributed by atoms with E-state index >= 15 is 0 Å². The van der Waals surface area contributed by atoms with Crippen LogP contribution in [-0.4, -0.2) is 0 Å². The number of allylic oxidation sites excluding steroid dienone is 2. The number of benzene rings is 2. The van der Waals surface area contributed by atoms with Gasteiger partial charge in [0.25, 0.3) is 0 Å². The molecule has 1 heteroatoms. The van der Waals surface area contributed by atoms with Crippen LogP contribution in [0.2, 0.25) is 0 Å². The molecule has 0 nitrogen and oxygen atoms in total. The second kappa shape index (κ2) is 11.3. The smallest absolute Gasteiger partial charge is 0.0154 e. The van der Waals surface area contributed by atoms with E-state index in [1.807, 2.05) is 10.9 Å². The Morgan fingerprint density at radius 2 is 1.10 bits per heavy atom. The predicted octanol–water partition coefficient (Wildman–Crippen LogP) is 8.33. The fourth-order valence-electron chi connectivity index (χ4n) is 5.87. The van der Waals surface area contributed by atoms with Crippen molar-refractivity contribution in [1.29, 1.82) is 0 Å². The first-order chi connectivity index (χ1) is 14.9. The summed E-state index contributed by atoms with van der Waals surface area (Å²) in [7, 11) is -0.430. The standard InChI is InChI=1S/C29H39P/c1-2-15-28(29(24-16-7-3-8-17-24)25-18-9-4-10-19-25)30(26-20-11-5-12-21-26)27-22-13-6-14-23-27/h5-6,11-14,20-25H,2-4,7-10,15-19H2,1H3. The molecule has 30 heavy (non-hydrogen) atoms. The van der Waals surface area contributed by atoms with Gasteiger partial charge in [0.05, 0.1) is 0 Å². The average Bonchev–Trinajstić information content (AvgIpc) is 2.82. The maximum atomic E-state index is 2.40. The van der Waals surface area contributed by atoms with Crippen molar-refractivity contribution in [2.45, 2.75) is 84.0 Å². The summed E-state index contributed by atoms with van der Waals surface area (Å²) in [6.45, 7) is 2.39. The van der Waals surface area contributed by atoms with Crippen LogP contribution in [0.5, 0.6) is 0 Å². The van der Waals surface area contributed by atoms with Crippen LogP contribution in [0.1, 0.15) is 84.0 Å². The summed E-state index contributed by atoms with van der Waals surface area (Å²) in [5.41, 5.74) is 1.94. The Balaban J connectivity index is 1.87. The summed E-state index contributed by atoms with van der Waals surface area (Å²) in [6.07, 6.45) is 16.9.